The van der Waals surface area contributed by atoms with E-state index in [9.17, 15) is 0 Å². The normalized spacial score (nSPS) is 9.67. The largest absolute Gasteiger partial charge is 0.361 e. The molecule has 2 aromatic heterocycles. The Morgan fingerprint density at radius 3 is 1.73 bits per heavy atom. The predicted octanol–water partition coefficient (Wildman–Crippen LogP) is 2.89. The van der Waals surface area contributed by atoms with Crippen LogP contribution >= 0.6 is 0 Å². The smallest absolute Gasteiger partial charge is 0.136 e. The third kappa shape index (κ3) is 2.94. The zero-order chi connectivity index (χ0) is 11.4. The van der Waals surface area contributed by atoms with Gasteiger partial charge in [0.2, 0.25) is 0 Å². The maximum atomic E-state index is 4.84. The number of rotatable bonds is 0. The number of hydrogen-bond acceptors (Lipinski definition) is 4. The number of nitrogens with zero attached hydrogens (tertiary/aromatic N) is 2. The van der Waals surface area contributed by atoms with Crippen molar-refractivity contribution < 1.29 is 9.05 Å². The first-order valence-corrected chi connectivity index (χ1v) is 4.79. The number of hydrogen-bond donors (Lipinski definition) is 0. The minimum absolute atomic E-state index is 0.903. The molecule has 0 amide bonds. The van der Waals surface area contributed by atoms with Crippen molar-refractivity contribution in [2.75, 3.05) is 0 Å². The highest BCUT2D eigenvalue weighted by Crippen LogP contribution is 2.08. The summed E-state index contributed by atoms with van der Waals surface area (Å²) in [6, 6.07) is 0. The molecule has 0 saturated heterocycles. The molecule has 0 aliphatic heterocycles. The lowest BCUT2D eigenvalue weighted by molar-refractivity contribution is 0.392. The first-order valence-electron chi connectivity index (χ1n) is 4.79. The van der Waals surface area contributed by atoms with Gasteiger partial charge in [-0.1, -0.05) is 10.3 Å². The van der Waals surface area contributed by atoms with E-state index in [0.29, 0.717) is 0 Å². The van der Waals surface area contributed by atoms with Crippen LogP contribution in [0.1, 0.15) is 28.3 Å². The van der Waals surface area contributed by atoms with Gasteiger partial charge in [-0.2, -0.15) is 0 Å². The van der Waals surface area contributed by atoms with Gasteiger partial charge in [0.1, 0.15) is 11.5 Å². The van der Waals surface area contributed by atoms with Crippen molar-refractivity contribution in [3.63, 3.8) is 0 Å². The summed E-state index contributed by atoms with van der Waals surface area (Å²) in [5.74, 6) is 1.82. The minimum atomic E-state index is 0.903. The standard InChI is InChI=1S/C6H9NO.C5H7NO/c1-4-5(2)7-8-6(4)3;1-4-3-6-7-5(4)2/h1-3H3;3H,1-2H3. The van der Waals surface area contributed by atoms with Gasteiger partial charge in [0.25, 0.3) is 0 Å². The Labute approximate surface area is 89.2 Å². The van der Waals surface area contributed by atoms with Gasteiger partial charge in [-0.05, 0) is 34.6 Å². The maximum absolute atomic E-state index is 4.84. The Kier molecular flexibility index (Phi) is 3.66. The molecule has 0 N–H and O–H groups in total. The highest BCUT2D eigenvalue weighted by molar-refractivity contribution is 5.17. The van der Waals surface area contributed by atoms with E-state index in [-0.39, 0.29) is 0 Å². The Bertz CT molecular complexity index is 393. The highest BCUT2D eigenvalue weighted by Gasteiger charge is 1.99. The molecule has 15 heavy (non-hydrogen) atoms. The minimum Gasteiger partial charge on any atom is -0.361 e. The fourth-order valence-corrected chi connectivity index (χ4v) is 0.876. The Morgan fingerprint density at radius 2 is 1.60 bits per heavy atom. The van der Waals surface area contributed by atoms with Crippen molar-refractivity contribution in [3.8, 4) is 0 Å². The van der Waals surface area contributed by atoms with Gasteiger partial charge in [0.15, 0.2) is 0 Å². The SMILES string of the molecule is Cc1cnoc1C.Cc1noc(C)c1C. The zero-order valence-corrected chi connectivity index (χ0v) is 9.79. The molecule has 82 valence electrons. The lowest BCUT2D eigenvalue weighted by Gasteiger charge is -1.80. The van der Waals surface area contributed by atoms with Gasteiger partial charge in [-0.25, -0.2) is 0 Å². The molecule has 2 aromatic rings. The molecule has 0 atom stereocenters. The van der Waals surface area contributed by atoms with Crippen LogP contribution in [0.3, 0.4) is 0 Å². The summed E-state index contributed by atoms with van der Waals surface area (Å²) >= 11 is 0. The van der Waals surface area contributed by atoms with Gasteiger partial charge in [0, 0.05) is 11.1 Å². The van der Waals surface area contributed by atoms with E-state index in [1.54, 1.807) is 6.20 Å². The molecule has 0 radical (unpaired) electrons. The Hall–Kier alpha value is -1.58. The molecule has 2 heterocycles. The predicted molar refractivity (Wildman–Crippen MR) is 56.7 cm³/mol. The van der Waals surface area contributed by atoms with Crippen molar-refractivity contribution in [2.24, 2.45) is 0 Å². The summed E-state index contributed by atoms with van der Waals surface area (Å²) in [4.78, 5) is 0. The molecule has 0 fully saturated rings. The van der Waals surface area contributed by atoms with Crippen LogP contribution in [0.2, 0.25) is 0 Å². The first kappa shape index (κ1) is 11.5. The number of aromatic nitrogens is 2. The summed E-state index contributed by atoms with van der Waals surface area (Å²) in [5.41, 5.74) is 3.26. The molecule has 2 rings (SSSR count). The molecular weight excluding hydrogens is 192 g/mol. The van der Waals surface area contributed by atoms with E-state index in [1.807, 2.05) is 34.6 Å². The maximum Gasteiger partial charge on any atom is 0.136 e. The van der Waals surface area contributed by atoms with Crippen LogP contribution < -0.4 is 0 Å². The molecule has 0 unspecified atom stereocenters. The van der Waals surface area contributed by atoms with E-state index in [0.717, 1.165) is 28.3 Å². The third-order valence-electron chi connectivity index (χ3n) is 2.38. The lowest BCUT2D eigenvalue weighted by atomic mass is 10.2. The monoisotopic (exact) mass is 208 g/mol. The van der Waals surface area contributed by atoms with Gasteiger partial charge >= 0.3 is 0 Å². The van der Waals surface area contributed by atoms with Gasteiger partial charge in [-0.3, -0.25) is 0 Å². The third-order valence-corrected chi connectivity index (χ3v) is 2.38. The van der Waals surface area contributed by atoms with Crippen molar-refractivity contribution in [2.45, 2.75) is 34.6 Å². The quantitative estimate of drug-likeness (QED) is 0.668. The summed E-state index contributed by atoms with van der Waals surface area (Å²) in [7, 11) is 0. The van der Waals surface area contributed by atoms with Crippen molar-refractivity contribution in [1.29, 1.82) is 0 Å². The molecule has 0 aliphatic rings. The van der Waals surface area contributed by atoms with E-state index in [1.165, 1.54) is 0 Å². The van der Waals surface area contributed by atoms with Crippen LogP contribution in [0.5, 0.6) is 0 Å². The molecule has 0 aromatic carbocycles. The first-order chi connectivity index (χ1) is 7.02. The average molecular weight is 208 g/mol. The van der Waals surface area contributed by atoms with Crippen molar-refractivity contribution in [1.82, 2.24) is 10.3 Å². The Morgan fingerprint density at radius 1 is 0.933 bits per heavy atom. The summed E-state index contributed by atoms with van der Waals surface area (Å²) < 4.78 is 9.56. The zero-order valence-electron chi connectivity index (χ0n) is 9.79. The molecule has 0 spiro atoms. The Balaban J connectivity index is 0.000000151. The summed E-state index contributed by atoms with van der Waals surface area (Å²) in [6.07, 6.45) is 1.70. The lowest BCUT2D eigenvalue weighted by Crippen LogP contribution is -1.73. The van der Waals surface area contributed by atoms with Crippen LogP contribution in [-0.2, 0) is 0 Å². The van der Waals surface area contributed by atoms with Crippen LogP contribution in [-0.4, -0.2) is 10.3 Å². The number of aryl methyl sites for hydroxylation is 4. The van der Waals surface area contributed by atoms with Gasteiger partial charge in [-0.15, -0.1) is 0 Å². The van der Waals surface area contributed by atoms with E-state index >= 15 is 0 Å². The van der Waals surface area contributed by atoms with E-state index in [2.05, 4.69) is 10.3 Å². The van der Waals surface area contributed by atoms with Crippen molar-refractivity contribution >= 4 is 0 Å². The average Bonchev–Trinajstić information content (AvgIpc) is 2.70. The van der Waals surface area contributed by atoms with E-state index < -0.39 is 0 Å². The topological polar surface area (TPSA) is 52.1 Å². The van der Waals surface area contributed by atoms with Crippen LogP contribution in [0, 0.1) is 34.6 Å². The van der Waals surface area contributed by atoms with E-state index in [4.69, 9.17) is 9.05 Å². The molecule has 0 saturated carbocycles. The van der Waals surface area contributed by atoms with Crippen molar-refractivity contribution in [3.05, 3.63) is 34.5 Å². The molecule has 0 aliphatic carbocycles. The second-order valence-corrected chi connectivity index (χ2v) is 3.51. The fourth-order valence-electron chi connectivity index (χ4n) is 0.876. The molecule has 0 bridgehead atoms. The van der Waals surface area contributed by atoms with Crippen LogP contribution in [0.4, 0.5) is 0 Å². The van der Waals surface area contributed by atoms with Gasteiger partial charge in [0.05, 0.1) is 11.9 Å². The second kappa shape index (κ2) is 4.77. The van der Waals surface area contributed by atoms with Crippen LogP contribution in [0.15, 0.2) is 15.2 Å². The molecule has 4 heteroatoms. The van der Waals surface area contributed by atoms with Gasteiger partial charge < -0.3 is 9.05 Å². The molecular formula is C11H16N2O2. The fraction of sp³-hybridized carbons (Fsp3) is 0.455. The highest BCUT2D eigenvalue weighted by atomic mass is 16.5. The summed E-state index contributed by atoms with van der Waals surface area (Å²) in [6.45, 7) is 9.70. The van der Waals surface area contributed by atoms with Crippen LogP contribution in [0.25, 0.3) is 0 Å². The summed E-state index contributed by atoms with van der Waals surface area (Å²) in [5, 5.41) is 7.29. The second-order valence-electron chi connectivity index (χ2n) is 3.51. The molecule has 4 nitrogen and oxygen atoms in total.